The number of nitrogens with zero attached hydrogens (tertiary/aromatic N) is 16. The maximum atomic E-state index is 14.1. The smallest absolute Gasteiger partial charge is 0.327 e. The van der Waals surface area contributed by atoms with Crippen LogP contribution in [0.25, 0.3) is 11.2 Å². The lowest BCUT2D eigenvalue weighted by molar-refractivity contribution is -0.137. The zero-order valence-corrected chi connectivity index (χ0v) is 87.3. The van der Waals surface area contributed by atoms with Crippen LogP contribution in [-0.2, 0) is 41.6 Å². The minimum absolute atomic E-state index is 0. The number of carbonyl (C=O) groups excluding carboxylic acids is 8. The largest absolute Gasteiger partial charge is 0.370 e. The average Bonchev–Trinajstić information content (AvgIpc) is 1.66. The molecular weight excluding hydrogens is 1800 g/mol. The van der Waals surface area contributed by atoms with Crippen molar-refractivity contribution in [3.8, 4) is 0 Å². The van der Waals surface area contributed by atoms with Gasteiger partial charge >= 0.3 is 17.8 Å². The first-order chi connectivity index (χ1) is 66.5. The van der Waals surface area contributed by atoms with Gasteiger partial charge in [0, 0.05) is 227 Å². The average molecular weight is 1970 g/mol. The molecule has 9 fully saturated rings. The monoisotopic (exact) mass is 1970 g/mol. The van der Waals surface area contributed by atoms with Crippen LogP contribution in [0.2, 0.25) is 0 Å². The van der Waals surface area contributed by atoms with Crippen LogP contribution in [0.15, 0.2) is 144 Å². The van der Waals surface area contributed by atoms with Gasteiger partial charge in [0.05, 0.1) is 21.3 Å². The molecule has 11 aliphatic heterocycles. The maximum Gasteiger partial charge on any atom is 0.327 e. The lowest BCUT2D eigenvalue weighted by Crippen LogP contribution is -2.50. The molecule has 9 saturated heterocycles. The predicted octanol–water partition coefficient (Wildman–Crippen LogP) is 17.3. The van der Waals surface area contributed by atoms with E-state index in [0.29, 0.717) is 109 Å². The number of anilines is 5. The van der Waals surface area contributed by atoms with E-state index in [1.807, 2.05) is 87.7 Å². The molecule has 9 atom stereocenters. The van der Waals surface area contributed by atoms with Crippen molar-refractivity contribution in [1.29, 1.82) is 0 Å². The Morgan fingerprint density at radius 1 is 0.388 bits per heavy atom. The number of hydrogen-bond acceptors (Lipinski definition) is 19. The number of thioether (sulfide) groups is 3. The minimum atomic E-state index is -0.413. The second-order valence-corrected chi connectivity index (χ2v) is 48.2. The normalized spacial score (nSPS) is 23.9. The summed E-state index contributed by atoms with van der Waals surface area (Å²) in [7, 11) is 12.9. The second-order valence-electron chi connectivity index (χ2n) is 44.4. The highest BCUT2D eigenvalue weighted by Crippen LogP contribution is 2.53. The number of imidazole rings is 1. The first-order valence-corrected chi connectivity index (χ1v) is 53.9. The van der Waals surface area contributed by atoms with Crippen LogP contribution >= 0.6 is 35.3 Å². The molecule has 11 aliphatic rings. The van der Waals surface area contributed by atoms with Crippen molar-refractivity contribution in [1.82, 2.24) is 68.4 Å². The Hall–Kier alpha value is -9.79. The van der Waals surface area contributed by atoms with Gasteiger partial charge in [-0.1, -0.05) is 153 Å². The number of urea groups is 2. The third-order valence-electron chi connectivity index (χ3n) is 30.6. The first-order valence-electron chi connectivity index (χ1n) is 51.0. The van der Waals surface area contributed by atoms with Crippen molar-refractivity contribution >= 4 is 122 Å². The van der Waals surface area contributed by atoms with Crippen molar-refractivity contribution < 1.29 is 46.9 Å². The molecule has 7 aromatic rings. The second kappa shape index (κ2) is 44.4. The third kappa shape index (κ3) is 24.4. The maximum absolute atomic E-state index is 14.1. The van der Waals surface area contributed by atoms with Crippen LogP contribution in [0, 0.1) is 16.2 Å². The quantitative estimate of drug-likeness (QED) is 0.0508. The van der Waals surface area contributed by atoms with Crippen molar-refractivity contribution in [2.24, 2.45) is 16.2 Å². The summed E-state index contributed by atoms with van der Waals surface area (Å²) in [5.41, 5.74) is 12.7. The van der Waals surface area contributed by atoms with Crippen LogP contribution in [0.5, 0.6) is 0 Å². The van der Waals surface area contributed by atoms with Crippen molar-refractivity contribution in [2.45, 2.75) is 240 Å². The molecule has 6 unspecified atom stereocenters. The van der Waals surface area contributed by atoms with E-state index in [1.54, 1.807) is 46.0 Å². The number of benzene rings is 5. The van der Waals surface area contributed by atoms with E-state index in [4.69, 9.17) is 0 Å². The topological polar surface area (TPSA) is 257 Å². The molecule has 10 amide bonds. The number of aromatic amines is 1. The minimum Gasteiger partial charge on any atom is -0.370 e. The van der Waals surface area contributed by atoms with Crippen LogP contribution in [0.1, 0.15) is 217 Å². The number of carbonyl (C=O) groups is 8. The van der Waals surface area contributed by atoms with Crippen LogP contribution in [0.4, 0.5) is 38.0 Å². The van der Waals surface area contributed by atoms with E-state index in [-0.39, 0.29) is 132 Å². The Kier molecular flexibility index (Phi) is 32.6. The molecule has 13 heterocycles. The van der Waals surface area contributed by atoms with Gasteiger partial charge in [0.25, 0.3) is 0 Å². The van der Waals surface area contributed by atoms with Crippen LogP contribution < -0.4 is 31.0 Å². The van der Waals surface area contributed by atoms with E-state index < -0.39 is 15.7 Å². The molecule has 3 N–H and O–H groups in total. The summed E-state index contributed by atoms with van der Waals surface area (Å²) in [6.07, 6.45) is 14.4. The van der Waals surface area contributed by atoms with Crippen LogP contribution in [-0.4, -0.2) is 315 Å². The van der Waals surface area contributed by atoms with Gasteiger partial charge in [-0.2, -0.15) is 0 Å². The summed E-state index contributed by atoms with van der Waals surface area (Å²) < 4.78 is 1.79. The Bertz CT molecular complexity index is 5370. The van der Waals surface area contributed by atoms with Crippen molar-refractivity contribution in [3.63, 3.8) is 0 Å². The van der Waals surface area contributed by atoms with Gasteiger partial charge in [0.15, 0.2) is 5.65 Å². The van der Waals surface area contributed by atoms with E-state index in [2.05, 4.69) is 240 Å². The number of fused-ring (bicyclic) bond motifs is 3. The summed E-state index contributed by atoms with van der Waals surface area (Å²) in [6.45, 7) is 32.7. The van der Waals surface area contributed by atoms with E-state index >= 15 is 0 Å². The summed E-state index contributed by atoms with van der Waals surface area (Å²) in [5, 5.41) is 4.59. The number of likely N-dealkylation sites (tertiary alicyclic amines) is 3. The molecule has 0 radical (unpaired) electrons. The van der Waals surface area contributed by atoms with E-state index in [1.165, 1.54) is 33.8 Å². The van der Waals surface area contributed by atoms with Gasteiger partial charge in [0.1, 0.15) is 16.1 Å². The lowest BCUT2D eigenvalue weighted by Gasteiger charge is -2.38. The summed E-state index contributed by atoms with van der Waals surface area (Å²) >= 11 is 4.95. The summed E-state index contributed by atoms with van der Waals surface area (Å²) in [4.78, 5) is 159. The highest BCUT2D eigenvalue weighted by Gasteiger charge is 2.50. The number of pyridine rings is 1. The number of piperidine rings is 3. The van der Waals surface area contributed by atoms with E-state index in [0.717, 1.165) is 144 Å². The Labute approximate surface area is 845 Å². The summed E-state index contributed by atoms with van der Waals surface area (Å²) in [5.74, 6) is 0.328. The zero-order valence-electron chi connectivity index (χ0n) is 84.8. The number of nitrogens with one attached hydrogen (secondary N) is 3. The van der Waals surface area contributed by atoms with Gasteiger partial charge in [-0.05, 0) is 202 Å². The third-order valence-corrected chi connectivity index (χ3v) is 35.0. The SMILES string of the molecule is CN(C)[C@@H]1CCN(c2ccccc2C2SC(CC(=O)N3CCC(N4CCc5ccccc5NC4=O)CC3)C(=O)N2CCC(C)(C)C)C1.CN(C)[C@H]1CCN(c2ccccc2C2SC(CC(=O)N3CCC(N4CCc5ccccc5NC4=O)CC3)C(=O)N2CCC(C)(C)C)C1.CN(C)[C@H]1CCN(c2ccccc2C2SC(CC(=O)N3CCC(n4c(=O)[nH]c5ncccc54)CC3)C(=O)N2CCC(C)(C)C)C1.[HH].[HH].[HH].[HH].[HH].[HH]. The van der Waals surface area contributed by atoms with Gasteiger partial charge < -0.3 is 79.2 Å². The number of hydrogen-bond donors (Lipinski definition) is 3. The van der Waals surface area contributed by atoms with Gasteiger partial charge in [-0.15, -0.1) is 35.3 Å². The van der Waals surface area contributed by atoms with Gasteiger partial charge in [0.2, 0.25) is 35.4 Å². The Morgan fingerprint density at radius 2 is 0.705 bits per heavy atom. The molecule has 2 aromatic heterocycles. The molecule has 31 heteroatoms. The van der Waals surface area contributed by atoms with Gasteiger partial charge in [-0.3, -0.25) is 38.3 Å². The molecule has 0 spiro atoms. The predicted molar refractivity (Wildman–Crippen MR) is 575 cm³/mol. The molecule has 18 rings (SSSR count). The fraction of sp³-hybridized carbons (Fsp3) is 0.593. The first kappa shape index (κ1) is 102. The molecular formula is C108H163N19O9S3. The Morgan fingerprint density at radius 3 is 1.03 bits per heavy atom. The van der Waals surface area contributed by atoms with Crippen LogP contribution in [0.3, 0.4) is 0 Å². The number of para-hydroxylation sites is 5. The van der Waals surface area contributed by atoms with Crippen molar-refractivity contribution in [2.75, 3.05) is 179 Å². The highest BCUT2D eigenvalue weighted by atomic mass is 32.2. The van der Waals surface area contributed by atoms with E-state index in [9.17, 15) is 43.2 Å². The molecule has 762 valence electrons. The molecule has 5 aromatic carbocycles. The number of rotatable bonds is 24. The molecule has 0 bridgehead atoms. The molecule has 139 heavy (non-hydrogen) atoms. The number of amides is 10. The molecule has 28 nitrogen and oxygen atoms in total. The fourth-order valence-electron chi connectivity index (χ4n) is 21.9. The summed E-state index contributed by atoms with van der Waals surface area (Å²) in [6, 6.07) is 47.0. The lowest BCUT2D eigenvalue weighted by atomic mass is 9.92. The zero-order chi connectivity index (χ0) is 98.5. The number of likely N-dealkylation sites (N-methyl/N-ethyl adjacent to an activating group) is 3. The highest BCUT2D eigenvalue weighted by molar-refractivity contribution is 8.01. The van der Waals surface area contributed by atoms with Gasteiger partial charge in [-0.25, -0.2) is 19.4 Å². The molecule has 0 aliphatic carbocycles. The van der Waals surface area contributed by atoms with Crippen molar-refractivity contribution in [3.05, 3.63) is 178 Å². The molecule has 0 saturated carbocycles. The Balaban J connectivity index is 0.000000219. The fourth-order valence-corrected chi connectivity index (χ4v) is 26.4. The number of H-pyrrole nitrogens is 1. The number of aromatic nitrogens is 3. The standard InChI is InChI=1S/2C37H52N6O3S.C34H47N7O3S.6H2/c2*1-37(2,3)18-23-43-34(45)32(47-35(43)29-11-7-9-13-31(29)41-21-17-28(25-41)39(4)5)24-33(44)40-19-15-27(16-20-40)42-22-14-26-10-6-8-12-30(26)38-36(42)46;1-34(2,3)15-20-40-31(43)28(45-32(40)25-9-6-7-10-26(25)39-19-14-24(22-39)37(4)5)21-29(42)38-17-12-23(13-18-38)41-27-11-8-16-35-30(27)36-33(41)44;;;;;;/h2*6-13,27-28,32,35H,14-25H2,1-5H3,(H,38,46);6-11,16,23-24,28,32H,12-15,17-22H2,1-5H3,(H,35,36,44);6*1H/t2*28-,32?,35?;24-,28?,32?;;;;;;/m100....../s1.